The number of carbonyl (C=O) groups excluding carboxylic acids is 2. The minimum atomic E-state index is -4.41. The summed E-state index contributed by atoms with van der Waals surface area (Å²) in [4.78, 5) is 35.6. The summed E-state index contributed by atoms with van der Waals surface area (Å²) in [5.41, 5.74) is 0. The molecule has 70 heavy (non-hydrogen) atoms. The monoisotopic (exact) mass is 997 g/mol. The molecule has 0 aromatic carbocycles. The number of likely N-dealkylation sites (N-methyl/N-ethyl adjacent to an activating group) is 1. The van der Waals surface area contributed by atoms with E-state index in [1.54, 1.807) is 0 Å². The molecule has 0 aliphatic rings. The number of rotatable bonds is 49. The average Bonchev–Trinajstić information content (AvgIpc) is 3.32. The number of hydrogen-bond donors (Lipinski definition) is 1. The van der Waals surface area contributed by atoms with Gasteiger partial charge in [-0.1, -0.05) is 213 Å². The van der Waals surface area contributed by atoms with Crippen molar-refractivity contribution in [3.63, 3.8) is 0 Å². The van der Waals surface area contributed by atoms with Gasteiger partial charge in [0.2, 0.25) is 0 Å². The molecule has 0 radical (unpaired) electrons. The highest BCUT2D eigenvalue weighted by Crippen LogP contribution is 2.43. The van der Waals surface area contributed by atoms with Crippen molar-refractivity contribution in [1.82, 2.24) is 0 Å². The lowest BCUT2D eigenvalue weighted by molar-refractivity contribution is -0.870. The Kier molecular flexibility index (Phi) is 48.2. The number of allylic oxidation sites excluding steroid dienone is 18. The predicted molar refractivity (Wildman–Crippen MR) is 298 cm³/mol. The maximum absolute atomic E-state index is 12.7. The number of nitrogens with zero attached hydrogens (tertiary/aromatic N) is 1. The summed E-state index contributed by atoms with van der Waals surface area (Å²) in [6, 6.07) is 0. The van der Waals surface area contributed by atoms with E-state index >= 15 is 0 Å². The Bertz CT molecular complexity index is 1550. The van der Waals surface area contributed by atoms with Crippen molar-refractivity contribution in [1.29, 1.82) is 0 Å². The molecule has 0 aliphatic heterocycles. The van der Waals surface area contributed by atoms with Crippen LogP contribution in [0.5, 0.6) is 0 Å². The van der Waals surface area contributed by atoms with Gasteiger partial charge < -0.3 is 18.9 Å². The summed E-state index contributed by atoms with van der Waals surface area (Å²) in [6.45, 7) is 4.21. The first-order chi connectivity index (χ1) is 34.0. The highest BCUT2D eigenvalue weighted by Gasteiger charge is 2.27. The molecule has 2 atom stereocenters. The quantitative estimate of drug-likeness (QED) is 0.0211. The lowest BCUT2D eigenvalue weighted by Gasteiger charge is -2.24. The van der Waals surface area contributed by atoms with Gasteiger partial charge in [-0.2, -0.15) is 0 Å². The molecule has 0 saturated carbocycles. The van der Waals surface area contributed by atoms with Crippen LogP contribution in [0.3, 0.4) is 0 Å². The molecule has 0 aromatic heterocycles. The van der Waals surface area contributed by atoms with E-state index in [1.165, 1.54) is 103 Å². The maximum atomic E-state index is 12.7. The van der Waals surface area contributed by atoms with Crippen LogP contribution >= 0.6 is 7.82 Å². The van der Waals surface area contributed by atoms with E-state index in [9.17, 15) is 19.0 Å². The van der Waals surface area contributed by atoms with Crippen LogP contribution in [-0.4, -0.2) is 74.9 Å². The fraction of sp³-hybridized carbons (Fsp3) is 0.667. The van der Waals surface area contributed by atoms with Crippen LogP contribution in [0.1, 0.15) is 206 Å². The normalized spacial score (nSPS) is 14.2. The molecule has 0 heterocycles. The van der Waals surface area contributed by atoms with Gasteiger partial charge in [-0.25, -0.2) is 4.57 Å². The number of unbranched alkanes of at least 4 members (excludes halogenated alkanes) is 17. The van der Waals surface area contributed by atoms with Gasteiger partial charge in [0.05, 0.1) is 27.7 Å². The smallest absolute Gasteiger partial charge is 0.462 e. The van der Waals surface area contributed by atoms with Gasteiger partial charge in [-0.3, -0.25) is 18.6 Å². The molecule has 2 unspecified atom stereocenters. The van der Waals surface area contributed by atoms with E-state index in [0.717, 1.165) is 70.6 Å². The van der Waals surface area contributed by atoms with Crippen molar-refractivity contribution < 1.29 is 42.1 Å². The van der Waals surface area contributed by atoms with Crippen molar-refractivity contribution in [2.75, 3.05) is 47.5 Å². The fourth-order valence-corrected chi connectivity index (χ4v) is 7.79. The Morgan fingerprint density at radius 1 is 0.457 bits per heavy atom. The highest BCUT2D eigenvalue weighted by molar-refractivity contribution is 7.47. The predicted octanol–water partition coefficient (Wildman–Crippen LogP) is 17.0. The molecule has 0 spiro atoms. The summed E-state index contributed by atoms with van der Waals surface area (Å²) in [6.07, 6.45) is 70.3. The molecule has 9 nitrogen and oxygen atoms in total. The van der Waals surface area contributed by atoms with Gasteiger partial charge in [-0.05, 0) is 89.9 Å². The molecule has 0 bridgehead atoms. The van der Waals surface area contributed by atoms with Crippen molar-refractivity contribution in [3.8, 4) is 0 Å². The second kappa shape index (κ2) is 50.6. The Hall–Kier alpha value is -3.33. The van der Waals surface area contributed by atoms with E-state index in [0.29, 0.717) is 17.4 Å². The number of carbonyl (C=O) groups is 2. The number of ether oxygens (including phenoxy) is 2. The molecule has 0 aliphatic carbocycles. The number of quaternary nitrogens is 1. The lowest BCUT2D eigenvalue weighted by atomic mass is 10.0. The molecule has 0 fully saturated rings. The third kappa shape index (κ3) is 54.0. The number of phosphoric ester groups is 1. The van der Waals surface area contributed by atoms with Gasteiger partial charge in [0, 0.05) is 12.8 Å². The van der Waals surface area contributed by atoms with Crippen LogP contribution < -0.4 is 0 Å². The van der Waals surface area contributed by atoms with Gasteiger partial charge in [-0.15, -0.1) is 0 Å². The molecule has 0 aromatic rings. The number of esters is 2. The van der Waals surface area contributed by atoms with Crippen molar-refractivity contribution >= 4 is 19.8 Å². The van der Waals surface area contributed by atoms with Crippen LogP contribution in [0.25, 0.3) is 0 Å². The lowest BCUT2D eigenvalue weighted by Crippen LogP contribution is -2.37. The zero-order valence-electron chi connectivity index (χ0n) is 45.2. The molecule has 1 N–H and O–H groups in total. The first-order valence-corrected chi connectivity index (χ1v) is 29.1. The number of hydrogen-bond acceptors (Lipinski definition) is 7. The SMILES string of the molecule is CC/C=C\C/C=C\C/C=C\C/C=C\C/C=C\C/C=C\CCC(=O)OC(COC(=O)CCCCCCCCCCCCCC/C=C\C/C=C\C/C=C\CCCCCCC)COP(=O)(O)OCC[N+](C)(C)C. The Morgan fingerprint density at radius 2 is 0.843 bits per heavy atom. The van der Waals surface area contributed by atoms with Crippen LogP contribution in [0.4, 0.5) is 0 Å². The van der Waals surface area contributed by atoms with Crippen LogP contribution in [-0.2, 0) is 32.7 Å². The molecule has 0 rings (SSSR count). The third-order valence-corrected chi connectivity index (χ3v) is 12.3. The Labute approximate surface area is 429 Å². The van der Waals surface area contributed by atoms with Gasteiger partial charge >= 0.3 is 19.8 Å². The van der Waals surface area contributed by atoms with E-state index in [1.807, 2.05) is 33.3 Å². The third-order valence-electron chi connectivity index (χ3n) is 11.3. The van der Waals surface area contributed by atoms with E-state index in [4.69, 9.17) is 18.5 Å². The zero-order valence-corrected chi connectivity index (χ0v) is 46.1. The number of phosphoric acid groups is 1. The molecular formula is C60H103NO8P+. The summed E-state index contributed by atoms with van der Waals surface area (Å²) < 4.78 is 34.4. The van der Waals surface area contributed by atoms with E-state index in [2.05, 4.69) is 111 Å². The van der Waals surface area contributed by atoms with Crippen LogP contribution in [0.2, 0.25) is 0 Å². The first kappa shape index (κ1) is 66.7. The summed E-state index contributed by atoms with van der Waals surface area (Å²) >= 11 is 0. The second-order valence-electron chi connectivity index (χ2n) is 19.2. The molecule has 0 amide bonds. The topological polar surface area (TPSA) is 108 Å². The van der Waals surface area contributed by atoms with Crippen LogP contribution in [0, 0.1) is 0 Å². The largest absolute Gasteiger partial charge is 0.472 e. The maximum Gasteiger partial charge on any atom is 0.472 e. The standard InChI is InChI=1S/C60H102NO8P/c1-6-8-10-12-14-16-18-20-22-24-26-27-28-29-30-31-32-33-35-36-38-40-42-44-46-48-50-52-59(62)66-56-58(57-68-70(64,65)67-55-54-61(3,4)5)69-60(63)53-51-49-47-45-43-41-39-37-34-25-23-21-19-17-15-13-11-9-7-2/h9,11,15,17-18,20-21,23-24,26,28-29,34,37,41,43,47,49,58H,6-8,10,12-14,16,19,22,25,27,30-33,35-36,38-40,42,44-46,48,50-57H2,1-5H3/p+1/b11-9-,17-15-,20-18-,23-21-,26-24-,29-28-,37-34-,43-41-,49-47-. The van der Waals surface area contributed by atoms with E-state index < -0.39 is 32.5 Å². The summed E-state index contributed by atoms with van der Waals surface area (Å²) in [5, 5.41) is 0. The summed E-state index contributed by atoms with van der Waals surface area (Å²) in [7, 11) is 1.42. The fourth-order valence-electron chi connectivity index (χ4n) is 7.05. The molecular weight excluding hydrogens is 894 g/mol. The minimum absolute atomic E-state index is 0.0121. The zero-order chi connectivity index (χ0) is 51.3. The van der Waals surface area contributed by atoms with E-state index in [-0.39, 0.29) is 26.1 Å². The average molecular weight is 997 g/mol. The first-order valence-electron chi connectivity index (χ1n) is 27.6. The summed E-state index contributed by atoms with van der Waals surface area (Å²) in [5.74, 6) is -0.904. The van der Waals surface area contributed by atoms with Gasteiger partial charge in [0.25, 0.3) is 0 Å². The Balaban J connectivity index is 4.28. The van der Waals surface area contributed by atoms with Gasteiger partial charge in [0.15, 0.2) is 6.10 Å². The molecule has 10 heteroatoms. The second-order valence-corrected chi connectivity index (χ2v) is 20.7. The Morgan fingerprint density at radius 3 is 1.27 bits per heavy atom. The van der Waals surface area contributed by atoms with Crippen molar-refractivity contribution in [3.05, 3.63) is 109 Å². The van der Waals surface area contributed by atoms with Crippen molar-refractivity contribution in [2.24, 2.45) is 0 Å². The van der Waals surface area contributed by atoms with Crippen molar-refractivity contribution in [2.45, 2.75) is 213 Å². The highest BCUT2D eigenvalue weighted by atomic mass is 31.2. The van der Waals surface area contributed by atoms with Crippen LogP contribution in [0.15, 0.2) is 109 Å². The van der Waals surface area contributed by atoms with Gasteiger partial charge in [0.1, 0.15) is 19.8 Å². The molecule has 0 saturated heterocycles. The molecule has 400 valence electrons. The minimum Gasteiger partial charge on any atom is -0.462 e.